The highest BCUT2D eigenvalue weighted by Crippen LogP contribution is 2.17. The van der Waals surface area contributed by atoms with Gasteiger partial charge in [-0.2, -0.15) is 0 Å². The van der Waals surface area contributed by atoms with Crippen molar-refractivity contribution in [1.29, 1.82) is 0 Å². The Morgan fingerprint density at radius 3 is 2.30 bits per heavy atom. The van der Waals surface area contributed by atoms with E-state index in [0.717, 1.165) is 24.0 Å². The van der Waals surface area contributed by atoms with Crippen LogP contribution in [0.15, 0.2) is 42.5 Å². The van der Waals surface area contributed by atoms with E-state index in [1.807, 2.05) is 26.0 Å². The molecule has 2 nitrogen and oxygen atoms in total. The number of rotatable bonds is 4. The second kappa shape index (κ2) is 8.60. The van der Waals surface area contributed by atoms with Crippen LogP contribution in [0, 0.1) is 13.8 Å². The highest BCUT2D eigenvalue weighted by atomic mass is 16.3. The molecule has 1 aromatic carbocycles. The van der Waals surface area contributed by atoms with Crippen LogP contribution in [0.5, 0.6) is 5.75 Å². The van der Waals surface area contributed by atoms with Crippen LogP contribution < -0.4 is 0 Å². The quantitative estimate of drug-likeness (QED) is 0.784. The summed E-state index contributed by atoms with van der Waals surface area (Å²) in [6.45, 7) is 13.3. The lowest BCUT2D eigenvalue weighted by Crippen LogP contribution is -2.19. The van der Waals surface area contributed by atoms with Crippen molar-refractivity contribution >= 4 is 0 Å². The monoisotopic (exact) mass is 276 g/mol. The van der Waals surface area contributed by atoms with Gasteiger partial charge in [-0.25, -0.2) is 0 Å². The molecule has 1 rings (SSSR count). The van der Waals surface area contributed by atoms with Gasteiger partial charge in [-0.15, -0.1) is 6.58 Å². The van der Waals surface area contributed by atoms with Gasteiger partial charge in [0, 0.05) is 0 Å². The molecular weight excluding hydrogens is 248 g/mol. The van der Waals surface area contributed by atoms with E-state index in [1.165, 1.54) is 5.57 Å². The van der Waals surface area contributed by atoms with Gasteiger partial charge in [-0.3, -0.25) is 0 Å². The Hall–Kier alpha value is -1.54. The van der Waals surface area contributed by atoms with Gasteiger partial charge in [0.05, 0.1) is 5.60 Å². The lowest BCUT2D eigenvalue weighted by molar-refractivity contribution is 0.103. The zero-order valence-electron chi connectivity index (χ0n) is 13.4. The van der Waals surface area contributed by atoms with Crippen LogP contribution in [0.3, 0.4) is 0 Å². The van der Waals surface area contributed by atoms with E-state index in [2.05, 4.69) is 26.5 Å². The lowest BCUT2D eigenvalue weighted by atomic mass is 10.00. The maximum atomic E-state index is 9.49. The molecule has 0 amide bonds. The van der Waals surface area contributed by atoms with Crippen molar-refractivity contribution in [2.24, 2.45) is 0 Å². The van der Waals surface area contributed by atoms with Crippen LogP contribution >= 0.6 is 0 Å². The van der Waals surface area contributed by atoms with Gasteiger partial charge in [0.1, 0.15) is 5.75 Å². The molecule has 0 aromatic heterocycles. The minimum Gasteiger partial charge on any atom is -0.508 e. The predicted molar refractivity (Wildman–Crippen MR) is 87.1 cm³/mol. The summed E-state index contributed by atoms with van der Waals surface area (Å²) < 4.78 is 0. The minimum absolute atomic E-state index is 0.384. The number of allylic oxidation sites excluding steroid dienone is 2. The number of hydrogen-bond acceptors (Lipinski definition) is 2. The Labute approximate surface area is 123 Å². The summed E-state index contributed by atoms with van der Waals surface area (Å²) in [5.74, 6) is 0.384. The molecule has 0 aliphatic carbocycles. The van der Waals surface area contributed by atoms with Crippen molar-refractivity contribution in [2.45, 2.75) is 53.1 Å². The first-order chi connectivity index (χ1) is 9.19. The molecule has 112 valence electrons. The van der Waals surface area contributed by atoms with E-state index in [0.29, 0.717) is 5.75 Å². The number of aryl methyl sites for hydroxylation is 1. The largest absolute Gasteiger partial charge is 0.508 e. The number of phenolic OH excluding ortho intramolecular Hbond substituents is 1. The lowest BCUT2D eigenvalue weighted by Gasteiger charge is -2.16. The summed E-state index contributed by atoms with van der Waals surface area (Å²) in [7, 11) is 0. The third-order valence-electron chi connectivity index (χ3n) is 3.22. The maximum absolute atomic E-state index is 9.49. The van der Waals surface area contributed by atoms with Crippen molar-refractivity contribution in [3.63, 3.8) is 0 Å². The molecule has 1 unspecified atom stereocenters. The summed E-state index contributed by atoms with van der Waals surface area (Å²) in [4.78, 5) is 0. The van der Waals surface area contributed by atoms with Gasteiger partial charge >= 0.3 is 0 Å². The van der Waals surface area contributed by atoms with Gasteiger partial charge in [0.25, 0.3) is 0 Å². The first kappa shape index (κ1) is 18.5. The summed E-state index contributed by atoms with van der Waals surface area (Å²) in [6, 6.07) is 5.52. The highest BCUT2D eigenvalue weighted by Gasteiger charge is 2.12. The van der Waals surface area contributed by atoms with Crippen LogP contribution in [0.2, 0.25) is 0 Å². The summed E-state index contributed by atoms with van der Waals surface area (Å²) >= 11 is 0. The fourth-order valence-electron chi connectivity index (χ4n) is 1.49. The van der Waals surface area contributed by atoms with Gasteiger partial charge < -0.3 is 10.2 Å². The molecule has 0 aliphatic rings. The molecule has 0 aliphatic heterocycles. The standard InChI is InChI=1S/C10H18O.C8H10O/c1-5-10(4,11)8-6-7-9(2)3;1-6-4-3-5-8(9)7(6)2/h5,7,11H,1,6,8H2,2-4H3;3-5,9H,1-2H3. The molecule has 0 fully saturated rings. The Balaban J connectivity index is 0.000000367. The Bertz CT molecular complexity index is 432. The van der Waals surface area contributed by atoms with E-state index in [-0.39, 0.29) is 0 Å². The predicted octanol–water partition coefficient (Wildman–Crippen LogP) is 4.68. The number of benzene rings is 1. The van der Waals surface area contributed by atoms with Crippen LogP contribution in [0.1, 0.15) is 44.7 Å². The molecule has 2 heteroatoms. The van der Waals surface area contributed by atoms with Gasteiger partial charge in [-0.05, 0) is 64.7 Å². The first-order valence-corrected chi connectivity index (χ1v) is 6.94. The van der Waals surface area contributed by atoms with Crippen molar-refractivity contribution in [3.05, 3.63) is 53.6 Å². The molecule has 2 N–H and O–H groups in total. The smallest absolute Gasteiger partial charge is 0.118 e. The summed E-state index contributed by atoms with van der Waals surface area (Å²) in [5.41, 5.74) is 2.70. The SMILES string of the molecule is C=CC(C)(O)CCC=C(C)C.Cc1cccc(O)c1C. The fourth-order valence-corrected chi connectivity index (χ4v) is 1.49. The molecule has 0 saturated carbocycles. The maximum Gasteiger partial charge on any atom is 0.118 e. The zero-order valence-corrected chi connectivity index (χ0v) is 13.4. The van der Waals surface area contributed by atoms with E-state index in [4.69, 9.17) is 5.11 Å². The highest BCUT2D eigenvalue weighted by molar-refractivity contribution is 5.36. The van der Waals surface area contributed by atoms with Crippen LogP contribution in [-0.4, -0.2) is 15.8 Å². The van der Waals surface area contributed by atoms with E-state index < -0.39 is 5.60 Å². The average Bonchev–Trinajstić information content (AvgIpc) is 2.36. The second-order valence-electron chi connectivity index (χ2n) is 5.60. The summed E-state index contributed by atoms with van der Waals surface area (Å²) in [6.07, 6.45) is 5.38. The molecule has 0 heterocycles. The van der Waals surface area contributed by atoms with Gasteiger partial charge in [-0.1, -0.05) is 29.9 Å². The molecule has 0 radical (unpaired) electrons. The van der Waals surface area contributed by atoms with Crippen molar-refractivity contribution in [2.75, 3.05) is 0 Å². The van der Waals surface area contributed by atoms with Gasteiger partial charge in [0.15, 0.2) is 0 Å². The normalized spacial score (nSPS) is 12.7. The molecule has 1 atom stereocenters. The molecule has 0 spiro atoms. The summed E-state index contributed by atoms with van der Waals surface area (Å²) in [5, 5.41) is 18.6. The molecule has 1 aromatic rings. The minimum atomic E-state index is -0.702. The molecule has 0 saturated heterocycles. The number of aliphatic hydroxyl groups is 1. The average molecular weight is 276 g/mol. The van der Waals surface area contributed by atoms with Crippen molar-refractivity contribution in [3.8, 4) is 5.75 Å². The molecular formula is C18H28O2. The Morgan fingerprint density at radius 1 is 1.30 bits per heavy atom. The van der Waals surface area contributed by atoms with Crippen LogP contribution in [0.25, 0.3) is 0 Å². The van der Waals surface area contributed by atoms with Crippen LogP contribution in [-0.2, 0) is 0 Å². The number of hydrogen-bond donors (Lipinski definition) is 2. The van der Waals surface area contributed by atoms with Crippen LogP contribution in [0.4, 0.5) is 0 Å². The van der Waals surface area contributed by atoms with E-state index in [1.54, 1.807) is 19.1 Å². The third-order valence-corrected chi connectivity index (χ3v) is 3.22. The number of phenols is 1. The van der Waals surface area contributed by atoms with Gasteiger partial charge in [0.2, 0.25) is 0 Å². The third kappa shape index (κ3) is 7.80. The molecule has 20 heavy (non-hydrogen) atoms. The number of aromatic hydroxyl groups is 1. The fraction of sp³-hybridized carbons (Fsp3) is 0.444. The zero-order chi connectivity index (χ0) is 15.8. The second-order valence-corrected chi connectivity index (χ2v) is 5.60. The molecule has 0 bridgehead atoms. The Morgan fingerprint density at radius 2 is 1.90 bits per heavy atom. The van der Waals surface area contributed by atoms with Crippen molar-refractivity contribution < 1.29 is 10.2 Å². The van der Waals surface area contributed by atoms with E-state index in [9.17, 15) is 5.11 Å². The van der Waals surface area contributed by atoms with E-state index >= 15 is 0 Å². The van der Waals surface area contributed by atoms with Crippen molar-refractivity contribution in [1.82, 2.24) is 0 Å². The first-order valence-electron chi connectivity index (χ1n) is 6.94. The Kier molecular flexibility index (Phi) is 7.93. The topological polar surface area (TPSA) is 40.5 Å².